The fourth-order valence-corrected chi connectivity index (χ4v) is 2.02. The van der Waals surface area contributed by atoms with E-state index in [1.54, 1.807) is 24.3 Å². The summed E-state index contributed by atoms with van der Waals surface area (Å²) in [5.74, 6) is 0.198. The molecule has 0 radical (unpaired) electrons. The number of hydrogen-bond donors (Lipinski definition) is 1. The zero-order valence-electron chi connectivity index (χ0n) is 11.4. The second-order valence-electron chi connectivity index (χ2n) is 4.33. The largest absolute Gasteiger partial charge is 0.490 e. The number of nitrogens with two attached hydrogens (primary N) is 1. The Labute approximate surface area is 128 Å². The maximum atomic E-state index is 11.8. The Morgan fingerprint density at radius 3 is 2.43 bits per heavy atom. The number of hydrogen-bond acceptors (Lipinski definition) is 4. The van der Waals surface area contributed by atoms with Gasteiger partial charge in [-0.15, -0.1) is 0 Å². The Morgan fingerprint density at radius 2 is 1.71 bits per heavy atom. The highest BCUT2D eigenvalue weighted by Gasteiger charge is 2.19. The van der Waals surface area contributed by atoms with Crippen molar-refractivity contribution in [3.63, 3.8) is 0 Å². The lowest BCUT2D eigenvalue weighted by molar-refractivity contribution is -0.146. The van der Waals surface area contributed by atoms with Gasteiger partial charge in [-0.2, -0.15) is 0 Å². The fourth-order valence-electron chi connectivity index (χ4n) is 1.76. The molecule has 0 aliphatic heterocycles. The Morgan fingerprint density at radius 1 is 1.05 bits per heavy atom. The molecule has 2 N–H and O–H groups in total. The fraction of sp³-hybridized carbons (Fsp3) is 0.188. The van der Waals surface area contributed by atoms with Crippen molar-refractivity contribution < 1.29 is 14.3 Å². The first-order chi connectivity index (χ1) is 10.2. The molecule has 2 aromatic carbocycles. The van der Waals surface area contributed by atoms with Crippen molar-refractivity contribution in [3.8, 4) is 5.75 Å². The van der Waals surface area contributed by atoms with E-state index in [1.165, 1.54) is 0 Å². The number of ether oxygens (including phenoxy) is 2. The van der Waals surface area contributed by atoms with Crippen molar-refractivity contribution in [2.45, 2.75) is 6.04 Å². The van der Waals surface area contributed by atoms with E-state index < -0.39 is 12.0 Å². The maximum Gasteiger partial charge on any atom is 0.327 e. The van der Waals surface area contributed by atoms with Crippen LogP contribution in [-0.2, 0) is 9.53 Å². The first-order valence-corrected chi connectivity index (χ1v) is 6.91. The lowest BCUT2D eigenvalue weighted by Crippen LogP contribution is -2.25. The van der Waals surface area contributed by atoms with E-state index in [-0.39, 0.29) is 13.2 Å². The third-order valence-electron chi connectivity index (χ3n) is 2.83. The van der Waals surface area contributed by atoms with E-state index in [4.69, 9.17) is 26.8 Å². The third-order valence-corrected chi connectivity index (χ3v) is 3.18. The molecule has 0 bridgehead atoms. The van der Waals surface area contributed by atoms with Crippen LogP contribution in [0.4, 0.5) is 0 Å². The summed E-state index contributed by atoms with van der Waals surface area (Å²) in [6, 6.07) is 15.3. The van der Waals surface area contributed by atoms with Gasteiger partial charge in [0.15, 0.2) is 0 Å². The number of esters is 1. The van der Waals surface area contributed by atoms with Gasteiger partial charge < -0.3 is 15.2 Å². The van der Waals surface area contributed by atoms with Gasteiger partial charge >= 0.3 is 5.97 Å². The van der Waals surface area contributed by atoms with E-state index in [9.17, 15) is 4.79 Å². The number of carbonyl (C=O) groups is 1. The van der Waals surface area contributed by atoms with Crippen LogP contribution in [0, 0.1) is 0 Å². The number of benzene rings is 2. The number of halogens is 1. The predicted octanol–water partition coefficient (Wildman–Crippen LogP) is 2.96. The second kappa shape index (κ2) is 7.67. The van der Waals surface area contributed by atoms with Gasteiger partial charge in [0, 0.05) is 5.02 Å². The summed E-state index contributed by atoms with van der Waals surface area (Å²) in [5.41, 5.74) is 6.38. The number of rotatable bonds is 6. The highest BCUT2D eigenvalue weighted by atomic mass is 35.5. The van der Waals surface area contributed by atoms with Crippen molar-refractivity contribution in [1.29, 1.82) is 0 Å². The minimum atomic E-state index is -0.893. The van der Waals surface area contributed by atoms with Crippen LogP contribution in [0.1, 0.15) is 11.6 Å². The van der Waals surface area contributed by atoms with Gasteiger partial charge in [0.25, 0.3) is 0 Å². The Hall–Kier alpha value is -2.04. The third kappa shape index (κ3) is 4.48. The van der Waals surface area contributed by atoms with Crippen molar-refractivity contribution >= 4 is 17.6 Å². The SMILES string of the molecule is N[C@@H](C(=O)OCCOc1ccccc1)c1ccccc1Cl. The average Bonchev–Trinajstić information content (AvgIpc) is 2.52. The number of carbonyl (C=O) groups excluding carboxylic acids is 1. The monoisotopic (exact) mass is 305 g/mol. The van der Waals surface area contributed by atoms with Crippen molar-refractivity contribution in [2.75, 3.05) is 13.2 Å². The smallest absolute Gasteiger partial charge is 0.327 e. The van der Waals surface area contributed by atoms with Gasteiger partial charge in [-0.1, -0.05) is 48.0 Å². The van der Waals surface area contributed by atoms with Gasteiger partial charge in [-0.05, 0) is 23.8 Å². The summed E-state index contributed by atoms with van der Waals surface area (Å²) < 4.78 is 10.5. The average molecular weight is 306 g/mol. The van der Waals surface area contributed by atoms with Gasteiger partial charge in [0.1, 0.15) is 25.0 Å². The molecular formula is C16H16ClNO3. The van der Waals surface area contributed by atoms with Gasteiger partial charge in [0.05, 0.1) is 0 Å². The zero-order chi connectivity index (χ0) is 15.1. The van der Waals surface area contributed by atoms with Crippen molar-refractivity contribution in [2.24, 2.45) is 5.73 Å². The molecule has 2 rings (SSSR count). The Kier molecular flexibility index (Phi) is 5.60. The molecule has 0 saturated carbocycles. The molecule has 4 nitrogen and oxygen atoms in total. The molecular weight excluding hydrogens is 290 g/mol. The van der Waals surface area contributed by atoms with Crippen LogP contribution in [0.25, 0.3) is 0 Å². The Bertz CT molecular complexity index is 589. The molecule has 0 fully saturated rings. The number of para-hydroxylation sites is 1. The summed E-state index contributed by atoms with van der Waals surface area (Å²) in [4.78, 5) is 11.8. The standard InChI is InChI=1S/C16H16ClNO3/c17-14-9-5-4-8-13(14)15(18)16(19)21-11-10-20-12-6-2-1-3-7-12/h1-9,15H,10-11,18H2/t15-/m1/s1. The summed E-state index contributed by atoms with van der Waals surface area (Å²) in [6.07, 6.45) is 0. The summed E-state index contributed by atoms with van der Waals surface area (Å²) in [7, 11) is 0. The summed E-state index contributed by atoms with van der Waals surface area (Å²) in [5, 5.41) is 0.447. The molecule has 2 aromatic rings. The first-order valence-electron chi connectivity index (χ1n) is 6.53. The van der Waals surface area contributed by atoms with Crippen LogP contribution in [0.15, 0.2) is 54.6 Å². The molecule has 0 spiro atoms. The minimum absolute atomic E-state index is 0.131. The topological polar surface area (TPSA) is 61.6 Å². The van der Waals surface area contributed by atoms with Gasteiger partial charge in [0.2, 0.25) is 0 Å². The highest BCUT2D eigenvalue weighted by Crippen LogP contribution is 2.21. The molecule has 110 valence electrons. The van der Waals surface area contributed by atoms with Crippen molar-refractivity contribution in [1.82, 2.24) is 0 Å². The van der Waals surface area contributed by atoms with E-state index in [0.29, 0.717) is 10.6 Å². The maximum absolute atomic E-state index is 11.8. The van der Waals surface area contributed by atoms with E-state index in [1.807, 2.05) is 30.3 Å². The van der Waals surface area contributed by atoms with Gasteiger partial charge in [-0.25, -0.2) is 4.79 Å². The molecule has 5 heteroatoms. The van der Waals surface area contributed by atoms with Crippen LogP contribution in [-0.4, -0.2) is 19.2 Å². The van der Waals surface area contributed by atoms with Crippen LogP contribution in [0.2, 0.25) is 5.02 Å². The lowest BCUT2D eigenvalue weighted by Gasteiger charge is -2.13. The molecule has 0 aliphatic rings. The molecule has 0 aliphatic carbocycles. The van der Waals surface area contributed by atoms with Crippen LogP contribution >= 0.6 is 11.6 Å². The van der Waals surface area contributed by atoms with E-state index >= 15 is 0 Å². The first kappa shape index (κ1) is 15.4. The van der Waals surface area contributed by atoms with Crippen molar-refractivity contribution in [3.05, 3.63) is 65.2 Å². The second-order valence-corrected chi connectivity index (χ2v) is 4.74. The lowest BCUT2D eigenvalue weighted by atomic mass is 10.1. The minimum Gasteiger partial charge on any atom is -0.490 e. The van der Waals surface area contributed by atoms with E-state index in [0.717, 1.165) is 5.75 Å². The summed E-state index contributed by atoms with van der Waals surface area (Å²) >= 11 is 5.99. The molecule has 21 heavy (non-hydrogen) atoms. The predicted molar refractivity (Wildman–Crippen MR) is 81.3 cm³/mol. The molecule has 0 saturated heterocycles. The Balaban J connectivity index is 1.78. The molecule has 1 atom stereocenters. The highest BCUT2D eigenvalue weighted by molar-refractivity contribution is 6.31. The van der Waals surface area contributed by atoms with Crippen LogP contribution in [0.5, 0.6) is 5.75 Å². The quantitative estimate of drug-likeness (QED) is 0.658. The van der Waals surface area contributed by atoms with E-state index in [2.05, 4.69) is 0 Å². The van der Waals surface area contributed by atoms with Crippen LogP contribution in [0.3, 0.4) is 0 Å². The molecule has 0 heterocycles. The molecule has 0 unspecified atom stereocenters. The summed E-state index contributed by atoms with van der Waals surface area (Å²) in [6.45, 7) is 0.400. The van der Waals surface area contributed by atoms with Gasteiger partial charge in [-0.3, -0.25) is 0 Å². The van der Waals surface area contributed by atoms with Crippen LogP contribution < -0.4 is 10.5 Å². The molecule has 0 amide bonds. The molecule has 0 aromatic heterocycles. The zero-order valence-corrected chi connectivity index (χ0v) is 12.1. The normalized spacial score (nSPS) is 11.7.